The quantitative estimate of drug-likeness (QED) is 0.458. The predicted octanol–water partition coefficient (Wildman–Crippen LogP) is 5.01. The summed E-state index contributed by atoms with van der Waals surface area (Å²) in [6, 6.07) is 11.9. The van der Waals surface area contributed by atoms with Crippen LogP contribution in [0.1, 0.15) is 50.0 Å². The summed E-state index contributed by atoms with van der Waals surface area (Å²) in [7, 11) is 0. The third-order valence-corrected chi connectivity index (χ3v) is 7.89. The minimum absolute atomic E-state index is 0.0268. The number of para-hydroxylation sites is 1. The number of thiophene rings is 1. The zero-order valence-electron chi connectivity index (χ0n) is 19.5. The van der Waals surface area contributed by atoms with E-state index in [4.69, 9.17) is 0 Å². The van der Waals surface area contributed by atoms with Crippen LogP contribution in [0.15, 0.2) is 41.8 Å². The fraction of sp³-hybridized carbons (Fsp3) is 0.360. The zero-order chi connectivity index (χ0) is 24.2. The van der Waals surface area contributed by atoms with Crippen molar-refractivity contribution in [2.75, 3.05) is 16.8 Å². The molecule has 4 rings (SSSR count). The van der Waals surface area contributed by atoms with Gasteiger partial charge < -0.3 is 15.5 Å². The lowest BCUT2D eigenvalue weighted by Crippen LogP contribution is -2.29. The van der Waals surface area contributed by atoms with E-state index in [-0.39, 0.29) is 24.1 Å². The first-order chi connectivity index (χ1) is 16.4. The lowest BCUT2D eigenvalue weighted by Gasteiger charge is -2.23. The first-order valence-corrected chi connectivity index (χ1v) is 13.0. The van der Waals surface area contributed by atoms with Gasteiger partial charge in [-0.3, -0.25) is 14.4 Å². The van der Waals surface area contributed by atoms with E-state index in [1.807, 2.05) is 35.7 Å². The monoisotopic (exact) mass is 496 g/mol. The molecule has 3 aromatic rings. The summed E-state index contributed by atoms with van der Waals surface area (Å²) in [5, 5.41) is 8.10. The highest BCUT2D eigenvalue weighted by atomic mass is 32.1. The number of amides is 3. The number of nitrogens with one attached hydrogen (secondary N) is 2. The molecule has 1 saturated heterocycles. The van der Waals surface area contributed by atoms with Crippen LogP contribution in [-0.4, -0.2) is 29.3 Å². The van der Waals surface area contributed by atoms with Crippen LogP contribution < -0.4 is 15.5 Å². The number of anilines is 2. The van der Waals surface area contributed by atoms with E-state index in [1.165, 1.54) is 18.3 Å². The Bertz CT molecular complexity index is 1200. The first kappa shape index (κ1) is 24.1. The highest BCUT2D eigenvalue weighted by Gasteiger charge is 2.36. The van der Waals surface area contributed by atoms with E-state index >= 15 is 0 Å². The number of rotatable bonds is 8. The van der Waals surface area contributed by atoms with Gasteiger partial charge in [-0.15, -0.1) is 22.7 Å². The number of hydrogen-bond donors (Lipinski definition) is 2. The Hall–Kier alpha value is -3.04. The Balaban J connectivity index is 1.41. The lowest BCUT2D eigenvalue weighted by molar-refractivity contribution is -0.122. The van der Waals surface area contributed by atoms with Gasteiger partial charge in [0.25, 0.3) is 0 Å². The molecule has 1 aliphatic heterocycles. The van der Waals surface area contributed by atoms with Crippen molar-refractivity contribution in [1.29, 1.82) is 0 Å². The molecule has 178 valence electrons. The molecule has 2 atom stereocenters. The zero-order valence-corrected chi connectivity index (χ0v) is 21.1. The van der Waals surface area contributed by atoms with Crippen molar-refractivity contribution < 1.29 is 14.4 Å². The van der Waals surface area contributed by atoms with Gasteiger partial charge in [-0.2, -0.15) is 0 Å². The molecular formula is C25H28N4O3S2. The second-order valence-electron chi connectivity index (χ2n) is 8.48. The number of hydrogen-bond acceptors (Lipinski definition) is 6. The summed E-state index contributed by atoms with van der Waals surface area (Å²) in [6.07, 6.45) is 1.17. The molecule has 2 aromatic heterocycles. The third kappa shape index (κ3) is 5.37. The molecule has 3 heterocycles. The van der Waals surface area contributed by atoms with Crippen LogP contribution in [0.4, 0.5) is 10.8 Å². The molecule has 7 nitrogen and oxygen atoms in total. The molecule has 3 amide bonds. The van der Waals surface area contributed by atoms with Gasteiger partial charge in [0.2, 0.25) is 17.7 Å². The van der Waals surface area contributed by atoms with Gasteiger partial charge in [0.05, 0.1) is 23.0 Å². The van der Waals surface area contributed by atoms with Gasteiger partial charge in [0, 0.05) is 35.8 Å². The topological polar surface area (TPSA) is 91.4 Å². The molecule has 0 radical (unpaired) electrons. The maximum Gasteiger partial charge on any atom is 0.231 e. The molecule has 1 fully saturated rings. The normalized spacial score (nSPS) is 16.5. The smallest absolute Gasteiger partial charge is 0.231 e. The Morgan fingerprint density at radius 1 is 1.24 bits per heavy atom. The minimum Gasteiger partial charge on any atom is -0.351 e. The lowest BCUT2D eigenvalue weighted by atomic mass is 9.96. The Kier molecular flexibility index (Phi) is 7.43. The number of nitrogens with zero attached hydrogens (tertiary/aromatic N) is 2. The molecular weight excluding hydrogens is 468 g/mol. The van der Waals surface area contributed by atoms with Crippen LogP contribution in [0.5, 0.6) is 0 Å². The summed E-state index contributed by atoms with van der Waals surface area (Å²) in [5.41, 5.74) is 2.82. The average molecular weight is 497 g/mol. The molecule has 9 heteroatoms. The Morgan fingerprint density at radius 3 is 2.79 bits per heavy atom. The molecule has 0 spiro atoms. The molecule has 1 aromatic carbocycles. The number of carbonyl (C=O) groups excluding carboxylic acids is 3. The molecule has 0 aliphatic carbocycles. The fourth-order valence-corrected chi connectivity index (χ4v) is 5.66. The van der Waals surface area contributed by atoms with Crippen molar-refractivity contribution in [3.05, 3.63) is 52.2 Å². The SMILES string of the molecule is CC[C@H](C)c1ccccc1N1C[C@@H](C(=O)Nc2nc(-c3ccc(CNC(C)=O)s3)cs2)CC1=O. The van der Waals surface area contributed by atoms with Crippen LogP contribution in [-0.2, 0) is 20.9 Å². The third-order valence-electron chi connectivity index (χ3n) is 6.03. The van der Waals surface area contributed by atoms with Crippen LogP contribution in [0.3, 0.4) is 0 Å². The van der Waals surface area contributed by atoms with Crippen molar-refractivity contribution in [2.45, 2.75) is 46.1 Å². The van der Waals surface area contributed by atoms with Gasteiger partial charge in [-0.1, -0.05) is 32.0 Å². The summed E-state index contributed by atoms with van der Waals surface area (Å²) in [5.74, 6) is -0.366. The average Bonchev–Trinajstić information content (AvgIpc) is 3.57. The summed E-state index contributed by atoms with van der Waals surface area (Å²) in [6.45, 7) is 6.63. The van der Waals surface area contributed by atoms with E-state index in [9.17, 15) is 14.4 Å². The summed E-state index contributed by atoms with van der Waals surface area (Å²) >= 11 is 2.92. The number of thiazole rings is 1. The summed E-state index contributed by atoms with van der Waals surface area (Å²) in [4.78, 5) is 45.2. The molecule has 2 N–H and O–H groups in total. The number of aromatic nitrogens is 1. The minimum atomic E-state index is -0.421. The predicted molar refractivity (Wildman–Crippen MR) is 137 cm³/mol. The van der Waals surface area contributed by atoms with Crippen molar-refractivity contribution in [2.24, 2.45) is 5.92 Å². The van der Waals surface area contributed by atoms with Gasteiger partial charge in [-0.05, 0) is 36.1 Å². The van der Waals surface area contributed by atoms with E-state index in [1.54, 1.807) is 16.2 Å². The highest BCUT2D eigenvalue weighted by molar-refractivity contribution is 7.17. The van der Waals surface area contributed by atoms with Crippen molar-refractivity contribution in [3.63, 3.8) is 0 Å². The molecule has 0 saturated carbocycles. The van der Waals surface area contributed by atoms with E-state index in [0.717, 1.165) is 33.1 Å². The molecule has 0 unspecified atom stereocenters. The molecule has 0 bridgehead atoms. The van der Waals surface area contributed by atoms with Gasteiger partial charge in [-0.25, -0.2) is 4.98 Å². The van der Waals surface area contributed by atoms with Gasteiger partial charge in [0.15, 0.2) is 5.13 Å². The van der Waals surface area contributed by atoms with Gasteiger partial charge >= 0.3 is 0 Å². The largest absolute Gasteiger partial charge is 0.351 e. The highest BCUT2D eigenvalue weighted by Crippen LogP contribution is 2.34. The molecule has 1 aliphatic rings. The van der Waals surface area contributed by atoms with Gasteiger partial charge in [0.1, 0.15) is 0 Å². The van der Waals surface area contributed by atoms with Crippen LogP contribution in [0.25, 0.3) is 10.6 Å². The maximum atomic E-state index is 13.0. The van der Waals surface area contributed by atoms with Crippen molar-refractivity contribution in [1.82, 2.24) is 10.3 Å². The molecule has 34 heavy (non-hydrogen) atoms. The van der Waals surface area contributed by atoms with Crippen LogP contribution in [0.2, 0.25) is 0 Å². The van der Waals surface area contributed by atoms with Crippen LogP contribution in [0, 0.1) is 5.92 Å². The first-order valence-electron chi connectivity index (χ1n) is 11.3. The van der Waals surface area contributed by atoms with Crippen LogP contribution >= 0.6 is 22.7 Å². The number of benzene rings is 1. The fourth-order valence-electron chi connectivity index (χ4n) is 3.96. The second kappa shape index (κ2) is 10.5. The number of carbonyl (C=O) groups is 3. The summed E-state index contributed by atoms with van der Waals surface area (Å²) < 4.78 is 0. The van der Waals surface area contributed by atoms with E-state index < -0.39 is 5.92 Å². The standard InChI is InChI=1S/C25H28N4O3S2/c1-4-15(2)19-7-5-6-8-21(19)29-13-17(11-23(29)31)24(32)28-25-27-20(14-33-25)22-10-9-18(34-22)12-26-16(3)30/h5-10,14-15,17H,4,11-13H2,1-3H3,(H,26,30)(H,27,28,32)/t15-,17-/m0/s1. The maximum absolute atomic E-state index is 13.0. The van der Waals surface area contributed by atoms with E-state index in [2.05, 4.69) is 35.5 Å². The van der Waals surface area contributed by atoms with E-state index in [0.29, 0.717) is 24.1 Å². The Labute approximate surface area is 207 Å². The van der Waals surface area contributed by atoms with Crippen molar-refractivity contribution in [3.8, 4) is 10.6 Å². The second-order valence-corrected chi connectivity index (χ2v) is 10.5. The van der Waals surface area contributed by atoms with Crippen molar-refractivity contribution >= 4 is 51.2 Å². The Morgan fingerprint density at radius 2 is 2.03 bits per heavy atom.